The molecule has 162 valence electrons. The third-order valence-corrected chi connectivity index (χ3v) is 7.18. The number of halogens is 1. The number of amides is 1. The summed E-state index contributed by atoms with van der Waals surface area (Å²) in [5, 5.41) is 3.07. The molecule has 2 N–H and O–H groups in total. The van der Waals surface area contributed by atoms with E-state index in [1.54, 1.807) is 12.1 Å². The maximum absolute atomic E-state index is 13.2. The highest BCUT2D eigenvalue weighted by Crippen LogP contribution is 2.32. The summed E-state index contributed by atoms with van der Waals surface area (Å²) in [5.41, 5.74) is 1.54. The van der Waals surface area contributed by atoms with Gasteiger partial charge in [0.25, 0.3) is 5.91 Å². The maximum atomic E-state index is 13.2. The van der Waals surface area contributed by atoms with Gasteiger partial charge in [-0.1, -0.05) is 0 Å². The van der Waals surface area contributed by atoms with Gasteiger partial charge >= 0.3 is 0 Å². The Morgan fingerprint density at radius 1 is 1.19 bits per heavy atom. The molecule has 1 fully saturated rings. The third kappa shape index (κ3) is 4.76. The van der Waals surface area contributed by atoms with Crippen LogP contribution in [0.25, 0.3) is 11.3 Å². The number of hydrogen-bond donors (Lipinski definition) is 2. The summed E-state index contributed by atoms with van der Waals surface area (Å²) in [6, 6.07) is 10.1. The minimum atomic E-state index is -3.81. The Morgan fingerprint density at radius 3 is 2.55 bits per heavy atom. The summed E-state index contributed by atoms with van der Waals surface area (Å²) in [6.45, 7) is 1.85. The van der Waals surface area contributed by atoms with Gasteiger partial charge in [-0.05, 0) is 62.2 Å². The first kappa shape index (κ1) is 21.4. The fourth-order valence-corrected chi connectivity index (χ4v) is 5.34. The Kier molecular flexibility index (Phi) is 5.78. The number of nitrogens with zero attached hydrogens (tertiary/aromatic N) is 1. The first-order chi connectivity index (χ1) is 14.8. The van der Waals surface area contributed by atoms with Crippen LogP contribution in [-0.4, -0.2) is 32.5 Å². The zero-order chi connectivity index (χ0) is 22.2. The molecule has 0 spiro atoms. The first-order valence-electron chi connectivity index (χ1n) is 9.52. The summed E-state index contributed by atoms with van der Waals surface area (Å²) >= 11 is 1.28. The lowest BCUT2D eigenvalue weighted by atomic mass is 10.1. The molecule has 7 nitrogen and oxygen atoms in total. The molecule has 1 aromatic heterocycles. The fourth-order valence-electron chi connectivity index (χ4n) is 3.01. The number of benzene rings is 2. The molecule has 0 bridgehead atoms. The standard InChI is InChI=1S/C21H20FN3O4S2/c1-12-19(13-3-6-15(22)7-4-13)23-21(30-12)24-20(26)14-5-10-17(29-2)18(11-14)31(27,28)25-16-8-9-16/h3-7,10-11,16,25H,8-9H2,1-2H3,(H,23,24,26). The van der Waals surface area contributed by atoms with Gasteiger partial charge in [0.05, 0.1) is 12.8 Å². The lowest BCUT2D eigenvalue weighted by Crippen LogP contribution is -2.26. The number of carbonyl (C=O) groups is 1. The van der Waals surface area contributed by atoms with E-state index < -0.39 is 15.9 Å². The van der Waals surface area contributed by atoms with Crippen molar-refractivity contribution in [3.05, 3.63) is 58.7 Å². The van der Waals surface area contributed by atoms with Gasteiger partial charge in [0, 0.05) is 22.0 Å². The number of anilines is 1. The second-order valence-corrected chi connectivity index (χ2v) is 10.0. The molecule has 0 aliphatic heterocycles. The van der Waals surface area contributed by atoms with Crippen LogP contribution in [-0.2, 0) is 10.0 Å². The van der Waals surface area contributed by atoms with Crippen molar-refractivity contribution in [2.45, 2.75) is 30.7 Å². The normalized spacial score (nSPS) is 13.8. The van der Waals surface area contributed by atoms with Crippen molar-refractivity contribution in [1.29, 1.82) is 0 Å². The van der Waals surface area contributed by atoms with Crippen molar-refractivity contribution in [3.8, 4) is 17.0 Å². The van der Waals surface area contributed by atoms with Crippen LogP contribution < -0.4 is 14.8 Å². The number of hydrogen-bond acceptors (Lipinski definition) is 6. The number of methoxy groups -OCH3 is 1. The topological polar surface area (TPSA) is 97.4 Å². The molecule has 0 saturated heterocycles. The zero-order valence-electron chi connectivity index (χ0n) is 16.8. The van der Waals surface area contributed by atoms with Crippen molar-refractivity contribution in [1.82, 2.24) is 9.71 Å². The van der Waals surface area contributed by atoms with Gasteiger partial charge in [0.15, 0.2) is 5.13 Å². The second-order valence-electron chi connectivity index (χ2n) is 7.15. The summed E-state index contributed by atoms with van der Waals surface area (Å²) in [7, 11) is -2.43. The van der Waals surface area contributed by atoms with Crippen molar-refractivity contribution in [2.75, 3.05) is 12.4 Å². The highest BCUT2D eigenvalue weighted by Gasteiger charge is 2.30. The third-order valence-electron chi connectivity index (χ3n) is 4.75. The fraction of sp³-hybridized carbons (Fsp3) is 0.238. The molecular weight excluding hydrogens is 441 g/mol. The molecule has 4 rings (SSSR count). The van der Waals surface area contributed by atoms with Crippen LogP contribution in [0.15, 0.2) is 47.4 Å². The van der Waals surface area contributed by atoms with E-state index in [4.69, 9.17) is 4.74 Å². The van der Waals surface area contributed by atoms with E-state index in [1.807, 2.05) is 6.92 Å². The Bertz CT molecular complexity index is 1240. The van der Waals surface area contributed by atoms with E-state index in [1.165, 1.54) is 48.8 Å². The molecule has 1 aliphatic rings. The van der Waals surface area contributed by atoms with E-state index in [9.17, 15) is 17.6 Å². The van der Waals surface area contributed by atoms with E-state index >= 15 is 0 Å². The molecule has 2 aromatic carbocycles. The lowest BCUT2D eigenvalue weighted by molar-refractivity contribution is 0.102. The van der Waals surface area contributed by atoms with Gasteiger partial charge in [-0.15, -0.1) is 11.3 Å². The summed E-state index contributed by atoms with van der Waals surface area (Å²) in [4.78, 5) is 18.0. The molecule has 0 atom stereocenters. The first-order valence-corrected chi connectivity index (χ1v) is 11.8. The van der Waals surface area contributed by atoms with Gasteiger partial charge in [0.1, 0.15) is 16.5 Å². The van der Waals surface area contributed by atoms with Crippen LogP contribution in [0.3, 0.4) is 0 Å². The van der Waals surface area contributed by atoms with E-state index in [2.05, 4.69) is 15.0 Å². The summed E-state index contributed by atoms with van der Waals surface area (Å²) in [5.74, 6) is -0.676. The van der Waals surface area contributed by atoms with Crippen LogP contribution in [0.1, 0.15) is 28.1 Å². The number of nitrogens with one attached hydrogen (secondary N) is 2. The van der Waals surface area contributed by atoms with E-state index in [0.29, 0.717) is 10.8 Å². The number of rotatable bonds is 7. The zero-order valence-corrected chi connectivity index (χ0v) is 18.4. The number of sulfonamides is 1. The molecule has 1 aliphatic carbocycles. The van der Waals surface area contributed by atoms with Crippen LogP contribution >= 0.6 is 11.3 Å². The maximum Gasteiger partial charge on any atom is 0.257 e. The molecule has 0 unspecified atom stereocenters. The van der Waals surface area contributed by atoms with E-state index in [-0.39, 0.29) is 28.1 Å². The Labute approximate surface area is 183 Å². The van der Waals surface area contributed by atoms with Gasteiger partial charge < -0.3 is 4.74 Å². The number of ether oxygens (including phenoxy) is 1. The quantitative estimate of drug-likeness (QED) is 0.555. The smallest absolute Gasteiger partial charge is 0.257 e. The van der Waals surface area contributed by atoms with Crippen molar-refractivity contribution in [2.24, 2.45) is 0 Å². The average Bonchev–Trinajstić information content (AvgIpc) is 3.47. The number of thiazole rings is 1. The average molecular weight is 462 g/mol. The number of carbonyl (C=O) groups excluding carboxylic acids is 1. The molecule has 31 heavy (non-hydrogen) atoms. The van der Waals surface area contributed by atoms with E-state index in [0.717, 1.165) is 23.3 Å². The minimum Gasteiger partial charge on any atom is -0.495 e. The molecule has 1 saturated carbocycles. The van der Waals surface area contributed by atoms with Crippen molar-refractivity contribution < 1.29 is 22.3 Å². The highest BCUT2D eigenvalue weighted by atomic mass is 32.2. The molecular formula is C21H20FN3O4S2. The monoisotopic (exact) mass is 461 g/mol. The van der Waals surface area contributed by atoms with Gasteiger partial charge in [0.2, 0.25) is 10.0 Å². The highest BCUT2D eigenvalue weighted by molar-refractivity contribution is 7.89. The largest absolute Gasteiger partial charge is 0.495 e. The Balaban J connectivity index is 1.58. The Hall–Kier alpha value is -2.82. The number of aromatic nitrogens is 1. The molecule has 3 aromatic rings. The van der Waals surface area contributed by atoms with Crippen LogP contribution in [0.4, 0.5) is 9.52 Å². The van der Waals surface area contributed by atoms with Crippen molar-refractivity contribution in [3.63, 3.8) is 0 Å². The van der Waals surface area contributed by atoms with Crippen LogP contribution in [0, 0.1) is 12.7 Å². The van der Waals surface area contributed by atoms with Gasteiger partial charge in [-0.2, -0.15) is 0 Å². The van der Waals surface area contributed by atoms with Gasteiger partial charge in [-0.3, -0.25) is 10.1 Å². The van der Waals surface area contributed by atoms with Crippen LogP contribution in [0.5, 0.6) is 5.75 Å². The summed E-state index contributed by atoms with van der Waals surface area (Å²) in [6.07, 6.45) is 1.59. The van der Waals surface area contributed by atoms with Crippen molar-refractivity contribution >= 4 is 32.4 Å². The predicted molar refractivity (Wildman–Crippen MR) is 117 cm³/mol. The predicted octanol–water partition coefficient (Wildman–Crippen LogP) is 3.96. The summed E-state index contributed by atoms with van der Waals surface area (Å²) < 4.78 is 46.3. The van der Waals surface area contributed by atoms with Crippen LogP contribution in [0.2, 0.25) is 0 Å². The number of aryl methyl sites for hydroxylation is 1. The Morgan fingerprint density at radius 2 is 1.90 bits per heavy atom. The van der Waals surface area contributed by atoms with Gasteiger partial charge in [-0.25, -0.2) is 22.5 Å². The minimum absolute atomic E-state index is 0.0737. The lowest BCUT2D eigenvalue weighted by Gasteiger charge is -2.12. The molecule has 1 heterocycles. The molecule has 1 amide bonds. The second kappa shape index (κ2) is 8.37. The molecule has 10 heteroatoms. The molecule has 0 radical (unpaired) electrons. The SMILES string of the molecule is COc1ccc(C(=O)Nc2nc(-c3ccc(F)cc3)c(C)s2)cc1S(=O)(=O)NC1CC1.